The molecule has 1 aromatic rings. The molecule has 0 saturated heterocycles. The molecule has 0 amide bonds. The lowest BCUT2D eigenvalue weighted by atomic mass is 9.72. The molecule has 0 spiro atoms. The smallest absolute Gasteiger partial charge is 0.186 e. The monoisotopic (exact) mass is 361 g/mol. The van der Waals surface area contributed by atoms with Gasteiger partial charge in [0.2, 0.25) is 0 Å². The van der Waals surface area contributed by atoms with Crippen LogP contribution in [0.3, 0.4) is 0 Å². The molecule has 0 fully saturated rings. The fourth-order valence-corrected chi connectivity index (χ4v) is 3.20. The van der Waals surface area contributed by atoms with Crippen LogP contribution in [0.4, 0.5) is 0 Å². The van der Waals surface area contributed by atoms with Gasteiger partial charge in [-0.1, -0.05) is 41.5 Å². The lowest BCUT2D eigenvalue weighted by Gasteiger charge is -2.31. The number of aliphatic imine (C=N–C) groups is 2. The molecule has 4 nitrogen and oxygen atoms in total. The van der Waals surface area contributed by atoms with Gasteiger partial charge in [0.05, 0.1) is 11.4 Å². The molecule has 2 aliphatic rings. The van der Waals surface area contributed by atoms with Crippen molar-refractivity contribution >= 4 is 17.2 Å². The number of allylic oxidation sites excluding steroid dienone is 5. The predicted molar refractivity (Wildman–Crippen MR) is 111 cm³/mol. The number of nitrogens with zero attached hydrogens (tertiary/aromatic N) is 3. The molecular weight excluding hydrogens is 334 g/mol. The quantitative estimate of drug-likeness (QED) is 0.700. The maximum atomic E-state index is 13.1. The molecule has 1 aromatic heterocycles. The second-order valence-electron chi connectivity index (χ2n) is 9.12. The van der Waals surface area contributed by atoms with Crippen molar-refractivity contribution in [2.45, 2.75) is 48.5 Å². The minimum Gasteiger partial charge on any atom is -0.289 e. The normalized spacial score (nSPS) is 18.3. The van der Waals surface area contributed by atoms with Crippen LogP contribution < -0.4 is 0 Å². The standard InChI is InChI=1S/C23H27N3O/c1-14-19(15-9-8-10-24-13-15)26-21(25-14)16-11-17(22(2,3)4)20(27)18(12-16)23(5,6)7/h8-13H,1-7H3. The van der Waals surface area contributed by atoms with Crippen LogP contribution >= 0.6 is 0 Å². The minimum atomic E-state index is -0.249. The molecule has 140 valence electrons. The number of pyridine rings is 1. The first kappa shape index (κ1) is 19.2. The summed E-state index contributed by atoms with van der Waals surface area (Å²) >= 11 is 0. The van der Waals surface area contributed by atoms with Gasteiger partial charge >= 0.3 is 0 Å². The highest BCUT2D eigenvalue weighted by atomic mass is 16.1. The summed E-state index contributed by atoms with van der Waals surface area (Å²) in [5.41, 5.74) is 4.63. The average molecular weight is 361 g/mol. The maximum absolute atomic E-state index is 13.1. The Morgan fingerprint density at radius 2 is 1.48 bits per heavy atom. The Bertz CT molecular complexity index is 908. The van der Waals surface area contributed by atoms with Crippen molar-refractivity contribution in [2.75, 3.05) is 0 Å². The van der Waals surface area contributed by atoms with E-state index < -0.39 is 0 Å². The third-order valence-corrected chi connectivity index (χ3v) is 4.73. The number of ketones is 1. The Hall–Kier alpha value is -2.62. The first-order valence-corrected chi connectivity index (χ1v) is 9.26. The van der Waals surface area contributed by atoms with E-state index in [-0.39, 0.29) is 16.6 Å². The van der Waals surface area contributed by atoms with Crippen LogP contribution in [0, 0.1) is 10.8 Å². The van der Waals surface area contributed by atoms with E-state index in [9.17, 15) is 4.79 Å². The third kappa shape index (κ3) is 3.75. The first-order valence-electron chi connectivity index (χ1n) is 9.26. The molecule has 0 saturated carbocycles. The van der Waals surface area contributed by atoms with E-state index in [2.05, 4.69) is 46.5 Å². The highest BCUT2D eigenvalue weighted by Gasteiger charge is 2.35. The van der Waals surface area contributed by atoms with Gasteiger partial charge in [0.25, 0.3) is 0 Å². The van der Waals surface area contributed by atoms with Crippen LogP contribution in [0.15, 0.2) is 69.2 Å². The fourth-order valence-electron chi connectivity index (χ4n) is 3.20. The van der Waals surface area contributed by atoms with Crippen molar-refractivity contribution in [1.82, 2.24) is 4.98 Å². The summed E-state index contributed by atoms with van der Waals surface area (Å²) in [6.07, 6.45) is 7.45. The number of Topliss-reactive ketones (excluding diaryl/α,β-unsaturated/α-hetero) is 1. The SMILES string of the molecule is CC1=NC(=C2C=C(C(C)(C)C)C(=O)C(C(C)(C)C)=C2)N=C1c1cccnc1. The number of carbonyl (C=O) groups excluding carboxylic acids is 1. The van der Waals surface area contributed by atoms with Crippen LogP contribution in [0.25, 0.3) is 0 Å². The van der Waals surface area contributed by atoms with E-state index in [0.29, 0.717) is 5.82 Å². The second-order valence-corrected chi connectivity index (χ2v) is 9.12. The maximum Gasteiger partial charge on any atom is 0.186 e. The highest BCUT2D eigenvalue weighted by Crippen LogP contribution is 2.40. The van der Waals surface area contributed by atoms with E-state index in [0.717, 1.165) is 33.7 Å². The molecule has 0 radical (unpaired) electrons. The van der Waals surface area contributed by atoms with Gasteiger partial charge in [-0.05, 0) is 42.0 Å². The second kappa shape index (κ2) is 6.52. The van der Waals surface area contributed by atoms with Crippen molar-refractivity contribution in [2.24, 2.45) is 20.8 Å². The summed E-state index contributed by atoms with van der Waals surface area (Å²) in [5.74, 6) is 0.775. The van der Waals surface area contributed by atoms with Crippen LogP contribution in [-0.2, 0) is 4.79 Å². The molecule has 0 unspecified atom stereocenters. The molecule has 0 aromatic carbocycles. The van der Waals surface area contributed by atoms with E-state index >= 15 is 0 Å². The van der Waals surface area contributed by atoms with Crippen LogP contribution in [0.5, 0.6) is 0 Å². The molecule has 27 heavy (non-hydrogen) atoms. The number of hydrogen-bond donors (Lipinski definition) is 0. The summed E-state index contributed by atoms with van der Waals surface area (Å²) in [5, 5.41) is 0. The topological polar surface area (TPSA) is 54.7 Å². The zero-order valence-corrected chi connectivity index (χ0v) is 17.2. The van der Waals surface area contributed by atoms with Gasteiger partial charge in [-0.15, -0.1) is 0 Å². The third-order valence-electron chi connectivity index (χ3n) is 4.73. The van der Waals surface area contributed by atoms with Crippen LogP contribution in [0.2, 0.25) is 0 Å². The Kier molecular flexibility index (Phi) is 4.62. The largest absolute Gasteiger partial charge is 0.289 e. The highest BCUT2D eigenvalue weighted by molar-refractivity contribution is 6.49. The molecular formula is C23H27N3O. The van der Waals surface area contributed by atoms with Crippen LogP contribution in [-0.4, -0.2) is 22.2 Å². The van der Waals surface area contributed by atoms with Crippen molar-refractivity contribution < 1.29 is 4.79 Å². The number of hydrogen-bond acceptors (Lipinski definition) is 4. The van der Waals surface area contributed by atoms with Gasteiger partial charge in [0, 0.05) is 34.7 Å². The Balaban J connectivity index is 2.19. The van der Waals surface area contributed by atoms with Crippen molar-refractivity contribution in [1.29, 1.82) is 0 Å². The van der Waals surface area contributed by atoms with E-state index in [1.54, 1.807) is 12.4 Å². The van der Waals surface area contributed by atoms with Gasteiger partial charge in [-0.25, -0.2) is 9.98 Å². The van der Waals surface area contributed by atoms with Crippen molar-refractivity contribution in [3.8, 4) is 0 Å². The van der Waals surface area contributed by atoms with E-state index in [1.165, 1.54) is 0 Å². The van der Waals surface area contributed by atoms with Gasteiger partial charge in [0.15, 0.2) is 11.6 Å². The molecule has 0 atom stereocenters. The van der Waals surface area contributed by atoms with Crippen molar-refractivity contribution in [3.05, 3.63) is 64.8 Å². The number of rotatable bonds is 1. The van der Waals surface area contributed by atoms with Gasteiger partial charge < -0.3 is 0 Å². The molecule has 1 aliphatic carbocycles. The molecule has 4 heteroatoms. The Morgan fingerprint density at radius 1 is 0.889 bits per heavy atom. The number of carbonyl (C=O) groups is 1. The number of aromatic nitrogens is 1. The molecule has 0 bridgehead atoms. The lowest BCUT2D eigenvalue weighted by Crippen LogP contribution is -2.28. The van der Waals surface area contributed by atoms with Gasteiger partial charge in [-0.2, -0.15) is 0 Å². The van der Waals surface area contributed by atoms with Gasteiger partial charge in [-0.3, -0.25) is 9.78 Å². The lowest BCUT2D eigenvalue weighted by molar-refractivity contribution is -0.114. The van der Waals surface area contributed by atoms with Crippen LogP contribution in [0.1, 0.15) is 54.0 Å². The summed E-state index contributed by atoms with van der Waals surface area (Å²) in [6, 6.07) is 3.88. The summed E-state index contributed by atoms with van der Waals surface area (Å²) in [7, 11) is 0. The summed E-state index contributed by atoms with van der Waals surface area (Å²) < 4.78 is 0. The van der Waals surface area contributed by atoms with E-state index in [1.807, 2.05) is 31.2 Å². The molecule has 1 aliphatic heterocycles. The molecule has 2 heterocycles. The fraction of sp³-hybridized carbons (Fsp3) is 0.391. The van der Waals surface area contributed by atoms with Gasteiger partial charge in [0.1, 0.15) is 0 Å². The zero-order valence-electron chi connectivity index (χ0n) is 17.2. The average Bonchev–Trinajstić information content (AvgIpc) is 2.95. The molecule has 0 N–H and O–H groups in total. The Morgan fingerprint density at radius 3 is 1.96 bits per heavy atom. The summed E-state index contributed by atoms with van der Waals surface area (Å²) in [4.78, 5) is 26.7. The molecule has 3 rings (SSSR count). The minimum absolute atomic E-state index is 0.120. The summed E-state index contributed by atoms with van der Waals surface area (Å²) in [6.45, 7) is 14.4. The zero-order chi connectivity index (χ0) is 20.0. The predicted octanol–water partition coefficient (Wildman–Crippen LogP) is 5.08. The van der Waals surface area contributed by atoms with E-state index in [4.69, 9.17) is 9.98 Å². The Labute approximate surface area is 161 Å². The first-order chi connectivity index (χ1) is 12.5. The van der Waals surface area contributed by atoms with Crippen molar-refractivity contribution in [3.63, 3.8) is 0 Å².